The zero-order valence-corrected chi connectivity index (χ0v) is 16.0. The van der Waals surface area contributed by atoms with Crippen molar-refractivity contribution in [2.24, 2.45) is 14.1 Å². The van der Waals surface area contributed by atoms with Gasteiger partial charge in [-0.15, -0.1) is 11.3 Å². The molecule has 0 aromatic carbocycles. The number of nitrogens with one attached hydrogen (secondary N) is 1. The number of aromatic nitrogens is 8. The first-order valence-corrected chi connectivity index (χ1v) is 9.43. The molecule has 0 aliphatic rings. The molecule has 10 heteroatoms. The van der Waals surface area contributed by atoms with Crippen molar-refractivity contribution in [1.29, 1.82) is 0 Å². The van der Waals surface area contributed by atoms with Crippen LogP contribution >= 0.6 is 11.3 Å². The molecule has 9 nitrogen and oxygen atoms in total. The third-order valence-corrected chi connectivity index (χ3v) is 5.59. The van der Waals surface area contributed by atoms with Crippen molar-refractivity contribution in [2.45, 2.75) is 6.54 Å². The molecule has 1 N–H and O–H groups in total. The highest BCUT2D eigenvalue weighted by atomic mass is 32.1. The molecule has 0 aliphatic carbocycles. The molecule has 5 heterocycles. The molecular weight excluding hydrogens is 376 g/mol. The quantitative estimate of drug-likeness (QED) is 0.504. The molecule has 0 spiro atoms. The van der Waals surface area contributed by atoms with E-state index in [9.17, 15) is 4.79 Å². The van der Waals surface area contributed by atoms with Crippen LogP contribution < -0.4 is 5.56 Å². The lowest BCUT2D eigenvalue weighted by Gasteiger charge is -2.03. The second-order valence-electron chi connectivity index (χ2n) is 6.46. The molecule has 28 heavy (non-hydrogen) atoms. The highest BCUT2D eigenvalue weighted by molar-refractivity contribution is 7.20. The Morgan fingerprint density at radius 3 is 2.89 bits per heavy atom. The van der Waals surface area contributed by atoms with Crippen molar-refractivity contribution in [1.82, 2.24) is 39.3 Å². The molecule has 0 atom stereocenters. The average Bonchev–Trinajstić information content (AvgIpc) is 3.44. The summed E-state index contributed by atoms with van der Waals surface area (Å²) in [5, 5.41) is 17.2. The first-order chi connectivity index (χ1) is 13.6. The average molecular weight is 392 g/mol. The molecule has 0 bridgehead atoms. The number of aromatic amines is 1. The normalized spacial score (nSPS) is 12.1. The number of thiazole rings is 1. The monoisotopic (exact) mass is 392 g/mol. The Balaban J connectivity index is 1.58. The molecule has 140 valence electrons. The van der Waals surface area contributed by atoms with Crippen LogP contribution in [0.2, 0.25) is 0 Å². The molecule has 0 fully saturated rings. The Bertz CT molecular complexity index is 1380. The van der Waals surface area contributed by atoms with Crippen LogP contribution in [0, 0.1) is 0 Å². The smallest absolute Gasteiger partial charge is 0.291 e. The lowest BCUT2D eigenvalue weighted by molar-refractivity contribution is 0.619. The summed E-state index contributed by atoms with van der Waals surface area (Å²) in [6.45, 7) is 0.333. The first kappa shape index (κ1) is 16.6. The largest absolute Gasteiger partial charge is 0.323 e. The second-order valence-corrected chi connectivity index (χ2v) is 7.49. The van der Waals surface area contributed by atoms with Gasteiger partial charge in [0, 0.05) is 31.9 Å². The molecule has 0 saturated carbocycles. The Labute approximate surface area is 162 Å². The maximum absolute atomic E-state index is 13.0. The van der Waals surface area contributed by atoms with Crippen LogP contribution in [0.5, 0.6) is 0 Å². The third-order valence-electron chi connectivity index (χ3n) is 4.55. The molecule has 5 aromatic rings. The molecule has 5 rings (SSSR count). The van der Waals surface area contributed by atoms with Crippen LogP contribution in [0.1, 0.15) is 16.4 Å². The highest BCUT2D eigenvalue weighted by Gasteiger charge is 2.17. The molecule has 0 amide bonds. The van der Waals surface area contributed by atoms with Crippen molar-refractivity contribution >= 4 is 44.7 Å². The van der Waals surface area contributed by atoms with Gasteiger partial charge in [0.15, 0.2) is 5.65 Å². The van der Waals surface area contributed by atoms with E-state index in [1.54, 1.807) is 17.1 Å². The van der Waals surface area contributed by atoms with E-state index in [0.29, 0.717) is 12.1 Å². The number of H-pyrrole nitrogens is 1. The van der Waals surface area contributed by atoms with Gasteiger partial charge in [-0.3, -0.25) is 14.6 Å². The molecule has 0 unspecified atom stereocenters. The summed E-state index contributed by atoms with van der Waals surface area (Å²) in [6, 6.07) is 3.76. The summed E-state index contributed by atoms with van der Waals surface area (Å²) in [7, 11) is 3.71. The van der Waals surface area contributed by atoms with E-state index in [4.69, 9.17) is 0 Å². The van der Waals surface area contributed by atoms with Crippen LogP contribution in [0.25, 0.3) is 33.4 Å². The van der Waals surface area contributed by atoms with E-state index in [0.717, 1.165) is 32.1 Å². The highest BCUT2D eigenvalue weighted by Crippen LogP contribution is 2.31. The minimum atomic E-state index is -0.148. The van der Waals surface area contributed by atoms with Gasteiger partial charge in [0.05, 0.1) is 28.8 Å². The summed E-state index contributed by atoms with van der Waals surface area (Å²) in [4.78, 5) is 17.7. The Hall–Kier alpha value is -3.53. The third kappa shape index (κ3) is 2.65. The standard InChI is InChI=1S/C18H16N8OS/c1-24-8-6-12(23-24)10-26-18(27)15-13(9-20-26)16-17(25(15)2)21-14(28-16)4-3-11-5-7-19-22-11/h3-9H,10H2,1-2H3,(H,19,22)/b4-3+. The van der Waals surface area contributed by atoms with Crippen LogP contribution in [0.15, 0.2) is 35.5 Å². The van der Waals surface area contributed by atoms with Crippen LogP contribution in [-0.2, 0) is 20.6 Å². The van der Waals surface area contributed by atoms with E-state index in [-0.39, 0.29) is 5.56 Å². The first-order valence-electron chi connectivity index (χ1n) is 8.61. The van der Waals surface area contributed by atoms with Crippen molar-refractivity contribution in [3.63, 3.8) is 0 Å². The molecule has 0 saturated heterocycles. The van der Waals surface area contributed by atoms with E-state index in [2.05, 4.69) is 25.4 Å². The van der Waals surface area contributed by atoms with Crippen LogP contribution in [0.3, 0.4) is 0 Å². The van der Waals surface area contributed by atoms with E-state index < -0.39 is 0 Å². The van der Waals surface area contributed by atoms with Crippen LogP contribution in [0.4, 0.5) is 0 Å². The summed E-state index contributed by atoms with van der Waals surface area (Å²) >= 11 is 1.53. The predicted molar refractivity (Wildman–Crippen MR) is 108 cm³/mol. The number of fused-ring (bicyclic) bond motifs is 3. The lowest BCUT2D eigenvalue weighted by Crippen LogP contribution is -2.24. The lowest BCUT2D eigenvalue weighted by atomic mass is 10.3. The molecule has 0 aliphatic heterocycles. The predicted octanol–water partition coefficient (Wildman–Crippen LogP) is 2.02. The maximum atomic E-state index is 13.0. The summed E-state index contributed by atoms with van der Waals surface area (Å²) in [5.74, 6) is 0. The SMILES string of the molecule is Cn1ccc(Cn2ncc3c4sc(/C=C/c5ccn[nH]5)nc4n(C)c3c2=O)n1. The number of hydrogen-bond acceptors (Lipinski definition) is 6. The molecule has 0 radical (unpaired) electrons. The van der Waals surface area contributed by atoms with Crippen molar-refractivity contribution < 1.29 is 0 Å². The maximum Gasteiger partial charge on any atom is 0.291 e. The van der Waals surface area contributed by atoms with Gasteiger partial charge in [0.2, 0.25) is 0 Å². The summed E-state index contributed by atoms with van der Waals surface area (Å²) < 4.78 is 5.94. The van der Waals surface area contributed by atoms with Gasteiger partial charge >= 0.3 is 0 Å². The van der Waals surface area contributed by atoms with Crippen molar-refractivity contribution in [2.75, 3.05) is 0 Å². The number of rotatable bonds is 4. The fraction of sp³-hybridized carbons (Fsp3) is 0.167. The van der Waals surface area contributed by atoms with Crippen molar-refractivity contribution in [3.05, 3.63) is 57.5 Å². The van der Waals surface area contributed by atoms with E-state index >= 15 is 0 Å². The van der Waals surface area contributed by atoms with Gasteiger partial charge in [-0.25, -0.2) is 9.67 Å². The molecule has 5 aromatic heterocycles. The minimum absolute atomic E-state index is 0.148. The fourth-order valence-corrected chi connectivity index (χ4v) is 4.22. The summed E-state index contributed by atoms with van der Waals surface area (Å²) in [6.07, 6.45) is 9.14. The Morgan fingerprint density at radius 2 is 2.14 bits per heavy atom. The zero-order chi connectivity index (χ0) is 19.3. The number of hydrogen-bond donors (Lipinski definition) is 1. The summed E-state index contributed by atoms with van der Waals surface area (Å²) in [5.41, 5.74) is 2.92. The number of nitrogens with zero attached hydrogens (tertiary/aromatic N) is 7. The van der Waals surface area contributed by atoms with Crippen molar-refractivity contribution in [3.8, 4) is 0 Å². The Kier molecular flexibility index (Phi) is 3.72. The van der Waals surface area contributed by atoms with Gasteiger partial charge in [-0.2, -0.15) is 15.3 Å². The van der Waals surface area contributed by atoms with Gasteiger partial charge in [0.1, 0.15) is 10.5 Å². The molecular formula is C18H16N8OS. The fourth-order valence-electron chi connectivity index (χ4n) is 3.21. The Morgan fingerprint density at radius 1 is 1.25 bits per heavy atom. The van der Waals surface area contributed by atoms with E-state index in [1.807, 2.05) is 49.1 Å². The minimum Gasteiger partial charge on any atom is -0.323 e. The van der Waals surface area contributed by atoms with Crippen LogP contribution in [-0.4, -0.2) is 39.3 Å². The van der Waals surface area contributed by atoms with Gasteiger partial charge in [-0.1, -0.05) is 0 Å². The van der Waals surface area contributed by atoms with Gasteiger partial charge in [0.25, 0.3) is 5.56 Å². The van der Waals surface area contributed by atoms with Gasteiger partial charge in [-0.05, 0) is 24.3 Å². The second kappa shape index (κ2) is 6.27. The zero-order valence-electron chi connectivity index (χ0n) is 15.2. The van der Waals surface area contributed by atoms with E-state index in [1.165, 1.54) is 16.0 Å². The number of aryl methyl sites for hydroxylation is 2. The van der Waals surface area contributed by atoms with Gasteiger partial charge < -0.3 is 4.57 Å². The topological polar surface area (TPSA) is 99.2 Å².